The Morgan fingerprint density at radius 3 is 2.59 bits per heavy atom. The number of morpholine rings is 1. The minimum absolute atomic E-state index is 0.130. The van der Waals surface area contributed by atoms with Crippen molar-refractivity contribution in [1.82, 2.24) is 14.6 Å². The van der Waals surface area contributed by atoms with Crippen molar-refractivity contribution in [1.29, 1.82) is 0 Å². The Kier molecular flexibility index (Phi) is 4.88. The average Bonchev–Trinajstić information content (AvgIpc) is 3.16. The van der Waals surface area contributed by atoms with Crippen LogP contribution in [0, 0.1) is 0 Å². The number of amides is 1. The molecule has 2 fully saturated rings. The lowest BCUT2D eigenvalue weighted by Gasteiger charge is -2.36. The Labute approximate surface area is 158 Å². The van der Waals surface area contributed by atoms with E-state index < -0.39 is 15.6 Å². The molecule has 0 unspecified atom stereocenters. The second kappa shape index (κ2) is 7.18. The number of pyridine rings is 1. The molecule has 0 atom stereocenters. The highest BCUT2D eigenvalue weighted by molar-refractivity contribution is 7.89. The summed E-state index contributed by atoms with van der Waals surface area (Å²) in [6.07, 6.45) is 6.03. The second-order valence-electron chi connectivity index (χ2n) is 7.18. The summed E-state index contributed by atoms with van der Waals surface area (Å²) >= 11 is 0. The molecule has 1 N–H and O–H groups in total. The molecular formula is C19H23N3O4S. The van der Waals surface area contributed by atoms with Gasteiger partial charge in [0.25, 0.3) is 0 Å². The van der Waals surface area contributed by atoms with Crippen LogP contribution in [-0.4, -0.2) is 56.1 Å². The summed E-state index contributed by atoms with van der Waals surface area (Å²) in [6.45, 7) is 1.99. The Balaban J connectivity index is 1.64. The monoisotopic (exact) mass is 389 g/mol. The number of benzene rings is 1. The van der Waals surface area contributed by atoms with Gasteiger partial charge in [-0.15, -0.1) is 0 Å². The molecule has 2 aromatic rings. The van der Waals surface area contributed by atoms with Crippen LogP contribution in [0.15, 0.2) is 41.6 Å². The molecule has 0 spiro atoms. The van der Waals surface area contributed by atoms with Gasteiger partial charge in [0.2, 0.25) is 15.9 Å². The van der Waals surface area contributed by atoms with E-state index in [4.69, 9.17) is 4.74 Å². The topological polar surface area (TPSA) is 88.6 Å². The maximum absolute atomic E-state index is 13.2. The molecule has 1 amide bonds. The van der Waals surface area contributed by atoms with Gasteiger partial charge < -0.3 is 9.64 Å². The third-order valence-corrected chi connectivity index (χ3v) is 6.95. The standard InChI is InChI=1S/C19H23N3O4S/c23-18(22-9-11-26-12-10-22)19(6-1-2-7-19)21-27(24,25)17-4-3-15-5-8-20-14-16(15)13-17/h3-5,8,13-14,21H,1-2,6-7,9-12H2. The van der Waals surface area contributed by atoms with Crippen LogP contribution in [0.4, 0.5) is 0 Å². The molecular weight excluding hydrogens is 366 g/mol. The number of fused-ring (bicyclic) bond motifs is 1. The van der Waals surface area contributed by atoms with E-state index in [9.17, 15) is 13.2 Å². The van der Waals surface area contributed by atoms with E-state index in [1.165, 1.54) is 0 Å². The summed E-state index contributed by atoms with van der Waals surface area (Å²) in [7, 11) is -3.83. The van der Waals surface area contributed by atoms with E-state index in [0.29, 0.717) is 39.1 Å². The lowest BCUT2D eigenvalue weighted by atomic mass is 9.97. The quantitative estimate of drug-likeness (QED) is 0.860. The van der Waals surface area contributed by atoms with Gasteiger partial charge in [0, 0.05) is 30.9 Å². The minimum atomic E-state index is -3.83. The molecule has 2 heterocycles. The summed E-state index contributed by atoms with van der Waals surface area (Å²) in [5, 5.41) is 1.67. The van der Waals surface area contributed by atoms with Crippen molar-refractivity contribution in [3.05, 3.63) is 36.7 Å². The van der Waals surface area contributed by atoms with E-state index >= 15 is 0 Å². The Hall–Kier alpha value is -2.03. The number of aromatic nitrogens is 1. The zero-order valence-electron chi connectivity index (χ0n) is 15.1. The minimum Gasteiger partial charge on any atom is -0.378 e. The molecule has 1 aromatic carbocycles. The Morgan fingerprint density at radius 2 is 1.85 bits per heavy atom. The predicted molar refractivity (Wildman–Crippen MR) is 101 cm³/mol. The number of hydrogen-bond acceptors (Lipinski definition) is 5. The van der Waals surface area contributed by atoms with Crippen LogP contribution in [0.2, 0.25) is 0 Å². The molecule has 144 valence electrons. The van der Waals surface area contributed by atoms with Crippen LogP contribution in [0.25, 0.3) is 10.8 Å². The zero-order chi connectivity index (χ0) is 18.9. The molecule has 2 aliphatic rings. The van der Waals surface area contributed by atoms with E-state index in [2.05, 4.69) is 9.71 Å². The molecule has 8 heteroatoms. The van der Waals surface area contributed by atoms with Crippen LogP contribution < -0.4 is 4.72 Å². The molecule has 7 nitrogen and oxygen atoms in total. The van der Waals surface area contributed by atoms with Crippen molar-refractivity contribution in [3.8, 4) is 0 Å². The van der Waals surface area contributed by atoms with Crippen molar-refractivity contribution in [2.45, 2.75) is 36.1 Å². The van der Waals surface area contributed by atoms with E-state index in [0.717, 1.165) is 23.6 Å². The number of hydrogen-bond donors (Lipinski definition) is 1. The fraction of sp³-hybridized carbons (Fsp3) is 0.474. The van der Waals surface area contributed by atoms with Crippen molar-refractivity contribution in [2.24, 2.45) is 0 Å². The molecule has 1 saturated carbocycles. The molecule has 1 aromatic heterocycles. The second-order valence-corrected chi connectivity index (χ2v) is 8.87. The predicted octanol–water partition coefficient (Wildman–Crippen LogP) is 1.68. The van der Waals surface area contributed by atoms with E-state index in [-0.39, 0.29) is 10.8 Å². The Morgan fingerprint density at radius 1 is 1.11 bits per heavy atom. The SMILES string of the molecule is O=C(N1CCOCC1)C1(NS(=O)(=O)c2ccc3ccncc3c2)CCCC1. The van der Waals surface area contributed by atoms with Gasteiger partial charge >= 0.3 is 0 Å². The third-order valence-electron chi connectivity index (χ3n) is 5.42. The highest BCUT2D eigenvalue weighted by Crippen LogP contribution is 2.33. The first-order valence-electron chi connectivity index (χ1n) is 9.25. The van der Waals surface area contributed by atoms with Crippen LogP contribution in [-0.2, 0) is 19.6 Å². The fourth-order valence-electron chi connectivity index (χ4n) is 3.95. The normalized spacial score (nSPS) is 20.1. The molecule has 27 heavy (non-hydrogen) atoms. The molecule has 1 saturated heterocycles. The van der Waals surface area contributed by atoms with Crippen LogP contribution in [0.3, 0.4) is 0 Å². The fourth-order valence-corrected chi connectivity index (χ4v) is 5.41. The summed E-state index contributed by atoms with van der Waals surface area (Å²) in [4.78, 5) is 19.1. The summed E-state index contributed by atoms with van der Waals surface area (Å²) in [6, 6.07) is 6.77. The Bertz CT molecular complexity index is 948. The van der Waals surface area contributed by atoms with Gasteiger partial charge in [0.05, 0.1) is 18.1 Å². The molecule has 1 aliphatic heterocycles. The van der Waals surface area contributed by atoms with Crippen molar-refractivity contribution in [3.63, 3.8) is 0 Å². The van der Waals surface area contributed by atoms with Gasteiger partial charge in [-0.05, 0) is 36.4 Å². The van der Waals surface area contributed by atoms with E-state index in [1.54, 1.807) is 35.5 Å². The maximum atomic E-state index is 13.2. The van der Waals surface area contributed by atoms with Gasteiger partial charge in [-0.2, -0.15) is 4.72 Å². The maximum Gasteiger partial charge on any atom is 0.244 e. The summed E-state index contributed by atoms with van der Waals surface area (Å²) in [5.41, 5.74) is -1.06. The summed E-state index contributed by atoms with van der Waals surface area (Å²) < 4.78 is 34.3. The number of nitrogens with zero attached hydrogens (tertiary/aromatic N) is 2. The lowest BCUT2D eigenvalue weighted by molar-refractivity contribution is -0.141. The smallest absolute Gasteiger partial charge is 0.244 e. The number of sulfonamides is 1. The summed E-state index contributed by atoms with van der Waals surface area (Å²) in [5.74, 6) is -0.130. The van der Waals surface area contributed by atoms with Gasteiger partial charge in [0.15, 0.2) is 0 Å². The average molecular weight is 389 g/mol. The molecule has 0 radical (unpaired) electrons. The highest BCUT2D eigenvalue weighted by Gasteiger charge is 2.46. The zero-order valence-corrected chi connectivity index (χ0v) is 15.9. The largest absolute Gasteiger partial charge is 0.378 e. The first-order chi connectivity index (χ1) is 13.0. The van der Waals surface area contributed by atoms with Crippen molar-refractivity contribution < 1.29 is 17.9 Å². The van der Waals surface area contributed by atoms with Gasteiger partial charge in [0.1, 0.15) is 5.54 Å². The van der Waals surface area contributed by atoms with E-state index in [1.807, 2.05) is 6.07 Å². The van der Waals surface area contributed by atoms with Gasteiger partial charge in [-0.1, -0.05) is 18.9 Å². The van der Waals surface area contributed by atoms with Crippen LogP contribution in [0.1, 0.15) is 25.7 Å². The molecule has 1 aliphatic carbocycles. The number of nitrogens with one attached hydrogen (secondary N) is 1. The van der Waals surface area contributed by atoms with Gasteiger partial charge in [-0.25, -0.2) is 8.42 Å². The first-order valence-corrected chi connectivity index (χ1v) is 10.7. The number of carbonyl (C=O) groups is 1. The first kappa shape index (κ1) is 18.3. The number of ether oxygens (including phenoxy) is 1. The molecule has 0 bridgehead atoms. The van der Waals surface area contributed by atoms with Crippen LogP contribution >= 0.6 is 0 Å². The number of carbonyl (C=O) groups excluding carboxylic acids is 1. The van der Waals surface area contributed by atoms with Crippen LogP contribution in [0.5, 0.6) is 0 Å². The van der Waals surface area contributed by atoms with Gasteiger partial charge in [-0.3, -0.25) is 9.78 Å². The third kappa shape index (κ3) is 3.56. The lowest BCUT2D eigenvalue weighted by Crippen LogP contribution is -2.59. The number of rotatable bonds is 4. The highest BCUT2D eigenvalue weighted by atomic mass is 32.2. The van der Waals surface area contributed by atoms with Crippen molar-refractivity contribution >= 4 is 26.7 Å². The van der Waals surface area contributed by atoms with Crippen molar-refractivity contribution in [2.75, 3.05) is 26.3 Å². The molecule has 4 rings (SSSR count).